The van der Waals surface area contributed by atoms with E-state index in [1.807, 2.05) is 24.3 Å². The van der Waals surface area contributed by atoms with Crippen LogP contribution in [0.25, 0.3) is 0 Å². The normalized spacial score (nSPS) is 16.2. The average Bonchev–Trinajstić information content (AvgIpc) is 3.19. The number of nitro groups is 1. The van der Waals surface area contributed by atoms with Gasteiger partial charge in [-0.25, -0.2) is 0 Å². The molecule has 2 aromatic rings. The summed E-state index contributed by atoms with van der Waals surface area (Å²) >= 11 is 5.91. The number of amides is 2. The molecule has 0 spiro atoms. The van der Waals surface area contributed by atoms with Crippen LogP contribution >= 0.6 is 11.6 Å². The molecule has 1 heterocycles. The third-order valence-electron chi connectivity index (χ3n) is 5.01. The highest BCUT2D eigenvalue weighted by atomic mass is 35.5. The Bertz CT molecular complexity index is 919. The number of hydrogen-bond donors (Lipinski definition) is 2. The summed E-state index contributed by atoms with van der Waals surface area (Å²) in [7, 11) is 0. The van der Waals surface area contributed by atoms with Crippen molar-refractivity contribution < 1.29 is 14.5 Å². The zero-order valence-electron chi connectivity index (χ0n) is 16.3. The van der Waals surface area contributed by atoms with E-state index in [2.05, 4.69) is 15.5 Å². The van der Waals surface area contributed by atoms with E-state index in [4.69, 9.17) is 11.6 Å². The fourth-order valence-electron chi connectivity index (χ4n) is 3.42. The van der Waals surface area contributed by atoms with E-state index in [1.54, 1.807) is 0 Å². The second-order valence-electron chi connectivity index (χ2n) is 7.31. The summed E-state index contributed by atoms with van der Waals surface area (Å²) in [5, 5.41) is 16.9. The molecule has 2 aromatic carbocycles. The van der Waals surface area contributed by atoms with Crippen molar-refractivity contribution in [1.82, 2.24) is 15.5 Å². The number of nitro benzene ring substituents is 1. The molecule has 8 nitrogen and oxygen atoms in total. The lowest BCUT2D eigenvalue weighted by Crippen LogP contribution is -2.39. The Balaban J connectivity index is 1.37. The molecule has 1 aliphatic heterocycles. The molecule has 1 fully saturated rings. The van der Waals surface area contributed by atoms with Gasteiger partial charge in [-0.05, 0) is 42.6 Å². The molecular weight excluding hydrogens is 408 g/mol. The Morgan fingerprint density at radius 3 is 2.67 bits per heavy atom. The standard InChI is InChI=1S/C21H23ClN4O4/c22-18-6-4-15(5-7-18)13-25-9-8-16(14-25)11-23-20(27)12-24-21(28)17-2-1-3-19(10-17)26(29)30/h1-7,10,16H,8-9,11-14H2,(H,23,27)(H,24,28). The highest BCUT2D eigenvalue weighted by Crippen LogP contribution is 2.19. The van der Waals surface area contributed by atoms with Crippen LogP contribution in [0.1, 0.15) is 22.3 Å². The van der Waals surface area contributed by atoms with Gasteiger partial charge in [-0.15, -0.1) is 0 Å². The Morgan fingerprint density at radius 1 is 1.17 bits per heavy atom. The molecule has 158 valence electrons. The van der Waals surface area contributed by atoms with Crippen LogP contribution in [0.5, 0.6) is 0 Å². The first-order valence-electron chi connectivity index (χ1n) is 9.67. The van der Waals surface area contributed by atoms with Crippen LogP contribution < -0.4 is 10.6 Å². The van der Waals surface area contributed by atoms with Crippen LogP contribution in [-0.4, -0.2) is 47.8 Å². The Kier molecular flexibility index (Phi) is 7.37. The number of benzene rings is 2. The molecule has 1 unspecified atom stereocenters. The topological polar surface area (TPSA) is 105 Å². The summed E-state index contributed by atoms with van der Waals surface area (Å²) in [6.45, 7) is 3.07. The maximum absolute atomic E-state index is 12.1. The SMILES string of the molecule is O=C(CNC(=O)c1cccc([N+](=O)[O-])c1)NCC1CCN(Cc2ccc(Cl)cc2)C1. The predicted molar refractivity (Wildman–Crippen MR) is 113 cm³/mol. The molecule has 0 aliphatic carbocycles. The van der Waals surface area contributed by atoms with Crippen molar-refractivity contribution in [2.75, 3.05) is 26.2 Å². The second-order valence-corrected chi connectivity index (χ2v) is 7.75. The molecule has 3 rings (SSSR count). The number of carbonyl (C=O) groups excluding carboxylic acids is 2. The van der Waals surface area contributed by atoms with Gasteiger partial charge in [0.05, 0.1) is 11.5 Å². The Labute approximate surface area is 179 Å². The highest BCUT2D eigenvalue weighted by molar-refractivity contribution is 6.30. The third kappa shape index (κ3) is 6.27. The Hall–Kier alpha value is -2.97. The van der Waals surface area contributed by atoms with E-state index in [-0.39, 0.29) is 23.7 Å². The van der Waals surface area contributed by atoms with Crippen LogP contribution in [-0.2, 0) is 11.3 Å². The quantitative estimate of drug-likeness (QED) is 0.494. The number of non-ortho nitro benzene ring substituents is 1. The number of hydrogen-bond acceptors (Lipinski definition) is 5. The van der Waals surface area contributed by atoms with Crippen LogP contribution in [0.3, 0.4) is 0 Å². The minimum absolute atomic E-state index is 0.144. The fraction of sp³-hybridized carbons (Fsp3) is 0.333. The first kappa shape index (κ1) is 21.7. The van der Waals surface area contributed by atoms with Gasteiger partial charge in [-0.3, -0.25) is 24.6 Å². The maximum Gasteiger partial charge on any atom is 0.270 e. The minimum atomic E-state index is -0.568. The number of rotatable bonds is 8. The number of halogens is 1. The lowest BCUT2D eigenvalue weighted by molar-refractivity contribution is -0.384. The largest absolute Gasteiger partial charge is 0.354 e. The fourth-order valence-corrected chi connectivity index (χ4v) is 3.54. The number of nitrogens with zero attached hydrogens (tertiary/aromatic N) is 2. The summed E-state index contributed by atoms with van der Waals surface area (Å²) in [6, 6.07) is 13.2. The molecule has 1 atom stereocenters. The number of likely N-dealkylation sites (tertiary alicyclic amines) is 1. The first-order chi connectivity index (χ1) is 14.4. The highest BCUT2D eigenvalue weighted by Gasteiger charge is 2.23. The monoisotopic (exact) mass is 430 g/mol. The summed E-state index contributed by atoms with van der Waals surface area (Å²) in [4.78, 5) is 36.7. The van der Waals surface area contributed by atoms with Gasteiger partial charge in [-0.2, -0.15) is 0 Å². The van der Waals surface area contributed by atoms with Gasteiger partial charge in [0.1, 0.15) is 0 Å². The van der Waals surface area contributed by atoms with Gasteiger partial charge >= 0.3 is 0 Å². The summed E-state index contributed by atoms with van der Waals surface area (Å²) < 4.78 is 0. The second kappa shape index (κ2) is 10.2. The molecule has 0 radical (unpaired) electrons. The van der Waals surface area contributed by atoms with E-state index in [1.165, 1.54) is 29.8 Å². The van der Waals surface area contributed by atoms with Crippen molar-refractivity contribution in [3.05, 3.63) is 74.8 Å². The summed E-state index contributed by atoms with van der Waals surface area (Å²) in [6.07, 6.45) is 0.994. The predicted octanol–water partition coefficient (Wildman–Crippen LogP) is 2.62. The molecule has 1 aliphatic rings. The van der Waals surface area contributed by atoms with Crippen molar-refractivity contribution in [3.8, 4) is 0 Å². The number of carbonyl (C=O) groups is 2. The summed E-state index contributed by atoms with van der Waals surface area (Å²) in [5.41, 5.74) is 1.18. The Morgan fingerprint density at radius 2 is 1.93 bits per heavy atom. The van der Waals surface area contributed by atoms with Crippen LogP contribution in [0.15, 0.2) is 48.5 Å². The first-order valence-corrected chi connectivity index (χ1v) is 10.0. The lowest BCUT2D eigenvalue weighted by Gasteiger charge is -2.16. The van der Waals surface area contributed by atoms with Gasteiger partial charge in [0.25, 0.3) is 11.6 Å². The van der Waals surface area contributed by atoms with E-state index < -0.39 is 10.8 Å². The van der Waals surface area contributed by atoms with E-state index in [0.29, 0.717) is 12.5 Å². The maximum atomic E-state index is 12.1. The van der Waals surface area contributed by atoms with Gasteiger partial charge in [-0.1, -0.05) is 29.8 Å². The molecule has 0 bridgehead atoms. The van der Waals surface area contributed by atoms with E-state index in [9.17, 15) is 19.7 Å². The minimum Gasteiger partial charge on any atom is -0.354 e. The van der Waals surface area contributed by atoms with Crippen LogP contribution in [0.2, 0.25) is 5.02 Å². The van der Waals surface area contributed by atoms with Gasteiger partial charge < -0.3 is 10.6 Å². The number of nitrogens with one attached hydrogen (secondary N) is 2. The van der Waals surface area contributed by atoms with Crippen molar-refractivity contribution in [1.29, 1.82) is 0 Å². The van der Waals surface area contributed by atoms with Gasteiger partial charge in [0.2, 0.25) is 5.91 Å². The summed E-state index contributed by atoms with van der Waals surface area (Å²) in [5.74, 6) is -0.456. The van der Waals surface area contributed by atoms with Crippen molar-refractivity contribution >= 4 is 29.1 Å². The third-order valence-corrected chi connectivity index (χ3v) is 5.26. The zero-order valence-corrected chi connectivity index (χ0v) is 17.1. The average molecular weight is 431 g/mol. The van der Waals surface area contributed by atoms with E-state index >= 15 is 0 Å². The van der Waals surface area contributed by atoms with Crippen molar-refractivity contribution in [2.24, 2.45) is 5.92 Å². The molecule has 0 saturated carbocycles. The molecule has 9 heteroatoms. The van der Waals surface area contributed by atoms with Gasteiger partial charge in [0.15, 0.2) is 0 Å². The van der Waals surface area contributed by atoms with Crippen LogP contribution in [0, 0.1) is 16.0 Å². The van der Waals surface area contributed by atoms with Crippen LogP contribution in [0.4, 0.5) is 5.69 Å². The molecule has 1 saturated heterocycles. The van der Waals surface area contributed by atoms with E-state index in [0.717, 1.165) is 31.1 Å². The van der Waals surface area contributed by atoms with Gasteiger partial charge in [0, 0.05) is 42.4 Å². The molecule has 2 amide bonds. The lowest BCUT2D eigenvalue weighted by atomic mass is 10.1. The molecule has 30 heavy (non-hydrogen) atoms. The smallest absolute Gasteiger partial charge is 0.270 e. The van der Waals surface area contributed by atoms with Crippen molar-refractivity contribution in [3.63, 3.8) is 0 Å². The molecule has 2 N–H and O–H groups in total. The van der Waals surface area contributed by atoms with Crippen molar-refractivity contribution in [2.45, 2.75) is 13.0 Å². The molecular formula is C21H23ClN4O4. The zero-order chi connectivity index (χ0) is 21.5. The molecule has 0 aromatic heterocycles.